The van der Waals surface area contributed by atoms with Crippen molar-refractivity contribution in [2.75, 3.05) is 0 Å². The molecule has 0 fully saturated rings. The molecule has 0 spiro atoms. The minimum absolute atomic E-state index is 0.393. The molecule has 0 amide bonds. The third-order valence-electron chi connectivity index (χ3n) is 3.18. The fraction of sp³-hybridized carbons (Fsp3) is 0.176. The van der Waals surface area contributed by atoms with Crippen LogP contribution in [0.2, 0.25) is 0 Å². The second-order valence-corrected chi connectivity index (χ2v) is 5.84. The lowest BCUT2D eigenvalue weighted by molar-refractivity contribution is 0.294. The number of rotatable bonds is 6. The van der Waals surface area contributed by atoms with Gasteiger partial charge in [0.05, 0.1) is 0 Å². The third-order valence-corrected chi connectivity index (χ3v) is 4.10. The van der Waals surface area contributed by atoms with Crippen molar-refractivity contribution in [2.45, 2.75) is 24.4 Å². The van der Waals surface area contributed by atoms with Crippen LogP contribution in [0.1, 0.15) is 17.0 Å². The quantitative estimate of drug-likeness (QED) is 0.699. The Balaban J connectivity index is 1.54. The number of ether oxygens (including phenoxy) is 1. The highest BCUT2D eigenvalue weighted by molar-refractivity contribution is 7.98. The summed E-state index contributed by atoms with van der Waals surface area (Å²) in [6, 6.07) is 18.2. The SMILES string of the molecule is Cc1ccccc1OCc1nc(SCc2ccccc2)n[nH]1. The zero-order valence-electron chi connectivity index (χ0n) is 12.3. The van der Waals surface area contributed by atoms with Gasteiger partial charge in [-0.3, -0.25) is 5.10 Å². The molecule has 0 saturated heterocycles. The van der Waals surface area contributed by atoms with Crippen LogP contribution in [-0.4, -0.2) is 15.2 Å². The van der Waals surface area contributed by atoms with Crippen LogP contribution in [0.15, 0.2) is 59.8 Å². The van der Waals surface area contributed by atoms with E-state index in [2.05, 4.69) is 27.3 Å². The van der Waals surface area contributed by atoms with Crippen LogP contribution in [0.5, 0.6) is 5.75 Å². The lowest BCUT2D eigenvalue weighted by Crippen LogP contribution is -1.98. The van der Waals surface area contributed by atoms with Crippen LogP contribution < -0.4 is 4.74 Å². The molecule has 0 saturated carbocycles. The predicted octanol–water partition coefficient (Wildman–Crippen LogP) is 3.98. The summed E-state index contributed by atoms with van der Waals surface area (Å²) in [5.74, 6) is 2.47. The lowest BCUT2D eigenvalue weighted by atomic mass is 10.2. The Hall–Kier alpha value is -2.27. The third kappa shape index (κ3) is 3.89. The van der Waals surface area contributed by atoms with Gasteiger partial charge in [-0.1, -0.05) is 60.3 Å². The molecule has 3 aromatic rings. The molecular formula is C17H17N3OS. The fourth-order valence-corrected chi connectivity index (χ4v) is 2.77. The second-order valence-electron chi connectivity index (χ2n) is 4.89. The van der Waals surface area contributed by atoms with Crippen LogP contribution in [0.3, 0.4) is 0 Å². The normalized spacial score (nSPS) is 10.6. The molecule has 0 aliphatic heterocycles. The minimum Gasteiger partial charge on any atom is -0.485 e. The summed E-state index contributed by atoms with van der Waals surface area (Å²) >= 11 is 1.61. The van der Waals surface area contributed by atoms with Gasteiger partial charge < -0.3 is 4.74 Å². The number of aromatic nitrogens is 3. The van der Waals surface area contributed by atoms with Gasteiger partial charge in [0.2, 0.25) is 5.16 Å². The summed E-state index contributed by atoms with van der Waals surface area (Å²) in [7, 11) is 0. The van der Waals surface area contributed by atoms with E-state index >= 15 is 0 Å². The summed E-state index contributed by atoms with van der Waals surface area (Å²) < 4.78 is 5.76. The fourth-order valence-electron chi connectivity index (χ4n) is 1.99. The average molecular weight is 311 g/mol. The highest BCUT2D eigenvalue weighted by atomic mass is 32.2. The minimum atomic E-state index is 0.393. The molecule has 1 N–H and O–H groups in total. The zero-order chi connectivity index (χ0) is 15.2. The van der Waals surface area contributed by atoms with E-state index in [1.807, 2.05) is 49.4 Å². The summed E-state index contributed by atoms with van der Waals surface area (Å²) in [5, 5.41) is 7.88. The Morgan fingerprint density at radius 2 is 1.82 bits per heavy atom. The monoisotopic (exact) mass is 311 g/mol. The number of benzene rings is 2. The van der Waals surface area contributed by atoms with Crippen molar-refractivity contribution in [3.8, 4) is 5.75 Å². The van der Waals surface area contributed by atoms with E-state index in [4.69, 9.17) is 4.74 Å². The molecule has 4 nitrogen and oxygen atoms in total. The summed E-state index contributed by atoms with van der Waals surface area (Å²) in [4.78, 5) is 4.44. The molecule has 3 rings (SSSR count). The molecule has 0 unspecified atom stereocenters. The number of hydrogen-bond acceptors (Lipinski definition) is 4. The van der Waals surface area contributed by atoms with Crippen molar-refractivity contribution >= 4 is 11.8 Å². The van der Waals surface area contributed by atoms with Crippen LogP contribution in [0, 0.1) is 6.92 Å². The molecule has 22 heavy (non-hydrogen) atoms. The molecule has 0 aliphatic carbocycles. The first-order valence-electron chi connectivity index (χ1n) is 7.08. The van der Waals surface area contributed by atoms with E-state index < -0.39 is 0 Å². The molecule has 0 aliphatic rings. The van der Waals surface area contributed by atoms with Gasteiger partial charge in [-0.05, 0) is 24.1 Å². The van der Waals surface area contributed by atoms with E-state index in [0.29, 0.717) is 6.61 Å². The highest BCUT2D eigenvalue weighted by Crippen LogP contribution is 2.20. The molecule has 0 radical (unpaired) electrons. The van der Waals surface area contributed by atoms with E-state index in [-0.39, 0.29) is 0 Å². The first-order chi connectivity index (χ1) is 10.8. The van der Waals surface area contributed by atoms with Crippen molar-refractivity contribution < 1.29 is 4.74 Å². The van der Waals surface area contributed by atoms with E-state index in [0.717, 1.165) is 28.0 Å². The van der Waals surface area contributed by atoms with Gasteiger partial charge in [-0.2, -0.15) is 0 Å². The van der Waals surface area contributed by atoms with Crippen LogP contribution in [-0.2, 0) is 12.4 Å². The largest absolute Gasteiger partial charge is 0.485 e. The van der Waals surface area contributed by atoms with Gasteiger partial charge in [-0.15, -0.1) is 5.10 Å². The van der Waals surface area contributed by atoms with Gasteiger partial charge in [-0.25, -0.2) is 4.98 Å². The topological polar surface area (TPSA) is 50.8 Å². The summed E-state index contributed by atoms with van der Waals surface area (Å²) in [6.45, 7) is 2.42. The standard InChI is InChI=1S/C17H17N3OS/c1-13-7-5-6-10-15(13)21-11-16-18-17(20-19-16)22-12-14-8-3-2-4-9-14/h2-10H,11-12H2,1H3,(H,18,19,20). The van der Waals surface area contributed by atoms with E-state index in [9.17, 15) is 0 Å². The number of hydrogen-bond donors (Lipinski definition) is 1. The van der Waals surface area contributed by atoms with Crippen molar-refractivity contribution in [3.63, 3.8) is 0 Å². The molecule has 5 heteroatoms. The number of aromatic amines is 1. The zero-order valence-corrected chi connectivity index (χ0v) is 13.1. The smallest absolute Gasteiger partial charge is 0.208 e. The Kier molecular flexibility index (Phi) is 4.75. The van der Waals surface area contributed by atoms with Crippen molar-refractivity contribution in [3.05, 3.63) is 71.5 Å². The highest BCUT2D eigenvalue weighted by Gasteiger charge is 2.06. The lowest BCUT2D eigenvalue weighted by Gasteiger charge is -2.06. The Morgan fingerprint density at radius 3 is 2.64 bits per heavy atom. The molecular weight excluding hydrogens is 294 g/mol. The predicted molar refractivity (Wildman–Crippen MR) is 87.9 cm³/mol. The Bertz CT molecular complexity index is 728. The summed E-state index contributed by atoms with van der Waals surface area (Å²) in [6.07, 6.45) is 0. The van der Waals surface area contributed by atoms with Gasteiger partial charge in [0.25, 0.3) is 0 Å². The van der Waals surface area contributed by atoms with E-state index in [1.54, 1.807) is 11.8 Å². The maximum absolute atomic E-state index is 5.76. The van der Waals surface area contributed by atoms with Crippen molar-refractivity contribution in [1.29, 1.82) is 0 Å². The molecule has 1 heterocycles. The maximum Gasteiger partial charge on any atom is 0.208 e. The van der Waals surface area contributed by atoms with Gasteiger partial charge >= 0.3 is 0 Å². The van der Waals surface area contributed by atoms with Crippen molar-refractivity contribution in [2.24, 2.45) is 0 Å². The van der Waals surface area contributed by atoms with E-state index in [1.165, 1.54) is 5.56 Å². The first kappa shape index (κ1) is 14.7. The van der Waals surface area contributed by atoms with Gasteiger partial charge in [0.15, 0.2) is 5.82 Å². The number of nitrogens with zero attached hydrogens (tertiary/aromatic N) is 2. The number of aryl methyl sites for hydroxylation is 1. The first-order valence-corrected chi connectivity index (χ1v) is 8.06. The maximum atomic E-state index is 5.76. The number of H-pyrrole nitrogens is 1. The van der Waals surface area contributed by atoms with Gasteiger partial charge in [0, 0.05) is 5.75 Å². The number of nitrogens with one attached hydrogen (secondary N) is 1. The molecule has 1 aromatic heterocycles. The van der Waals surface area contributed by atoms with Crippen LogP contribution in [0.4, 0.5) is 0 Å². The Labute approximate surface area is 133 Å². The molecule has 0 bridgehead atoms. The van der Waals surface area contributed by atoms with Crippen LogP contribution in [0.25, 0.3) is 0 Å². The van der Waals surface area contributed by atoms with Crippen LogP contribution >= 0.6 is 11.8 Å². The Morgan fingerprint density at radius 1 is 1.05 bits per heavy atom. The molecule has 112 valence electrons. The summed E-state index contributed by atoms with van der Waals surface area (Å²) in [5.41, 5.74) is 2.37. The van der Waals surface area contributed by atoms with Gasteiger partial charge in [0.1, 0.15) is 12.4 Å². The van der Waals surface area contributed by atoms with Crippen molar-refractivity contribution in [1.82, 2.24) is 15.2 Å². The average Bonchev–Trinajstić information content (AvgIpc) is 3.01. The number of thioether (sulfide) groups is 1. The number of para-hydroxylation sites is 1. The molecule has 0 atom stereocenters. The second kappa shape index (κ2) is 7.13. The molecule has 2 aromatic carbocycles.